The van der Waals surface area contributed by atoms with Crippen molar-refractivity contribution in [3.63, 3.8) is 0 Å². The molecule has 4 atom stereocenters. The lowest BCUT2D eigenvalue weighted by Crippen LogP contribution is -2.58. The highest BCUT2D eigenvalue weighted by Gasteiger charge is 2.48. The molecular weight excluding hydrogens is 864 g/mol. The van der Waals surface area contributed by atoms with Gasteiger partial charge < -0.3 is 46.4 Å². The highest BCUT2D eigenvalue weighted by molar-refractivity contribution is 4.89. The maximum Gasteiger partial charge on any atom is 0.267 e. The van der Waals surface area contributed by atoms with Crippen molar-refractivity contribution in [3.05, 3.63) is 50.6 Å². The van der Waals surface area contributed by atoms with Gasteiger partial charge in [0.2, 0.25) is 11.1 Å². The predicted molar refractivity (Wildman–Crippen MR) is 242 cm³/mol. The molecular formula is C40H84N8O17. The zero-order valence-electron chi connectivity index (χ0n) is 40.8. The van der Waals surface area contributed by atoms with E-state index in [2.05, 4.69) is 5.32 Å². The summed E-state index contributed by atoms with van der Waals surface area (Å²) in [5.41, 5.74) is -2.44. The van der Waals surface area contributed by atoms with Crippen molar-refractivity contribution in [3.8, 4) is 0 Å². The zero-order chi connectivity index (χ0) is 51.7. The van der Waals surface area contributed by atoms with Crippen molar-refractivity contribution < 1.29 is 60.0 Å². The summed E-state index contributed by atoms with van der Waals surface area (Å²) in [6, 6.07) is 0. The molecule has 25 nitrogen and oxygen atoms in total. The molecule has 0 amide bonds. The van der Waals surface area contributed by atoms with Crippen molar-refractivity contribution in [2.24, 2.45) is 16.6 Å². The smallest absolute Gasteiger partial charge is 0.267 e. The molecule has 1 aliphatic rings. The molecule has 1 rings (SSSR count). The van der Waals surface area contributed by atoms with Crippen LogP contribution in [-0.4, -0.2) is 173 Å². The van der Waals surface area contributed by atoms with Crippen LogP contribution in [0, 0.1) is 61.4 Å². The number of ether oxygens (including phenoxy) is 1. The fraction of sp³-hybridized carbons (Fsp3) is 1.00. The predicted octanol–water partition coefficient (Wildman–Crippen LogP) is 2.26. The van der Waals surface area contributed by atoms with Crippen LogP contribution in [0.2, 0.25) is 0 Å². The number of nitrogens with two attached hydrogens (primary N) is 1. The van der Waals surface area contributed by atoms with Gasteiger partial charge in [0.1, 0.15) is 39.6 Å². The van der Waals surface area contributed by atoms with Crippen LogP contribution in [0.1, 0.15) is 134 Å². The number of aliphatic hydroxyl groups excluding tert-OH is 6. The van der Waals surface area contributed by atoms with Crippen LogP contribution in [0.3, 0.4) is 0 Å². The second-order valence-corrected chi connectivity index (χ2v) is 19.5. The highest BCUT2D eigenvalue weighted by Crippen LogP contribution is 2.33. The molecule has 0 bridgehead atoms. The molecule has 9 N–H and O–H groups in total. The Balaban J connectivity index is -0.000000889. The summed E-state index contributed by atoms with van der Waals surface area (Å²) in [4.78, 5) is 55.1. The van der Waals surface area contributed by atoms with Crippen LogP contribution in [-0.2, 0) is 4.74 Å². The summed E-state index contributed by atoms with van der Waals surface area (Å²) in [7, 11) is 0. The third-order valence-corrected chi connectivity index (χ3v) is 12.5. The minimum atomic E-state index is -1.54. The molecule has 1 heterocycles. The van der Waals surface area contributed by atoms with Gasteiger partial charge in [0.15, 0.2) is 0 Å². The Labute approximate surface area is 383 Å². The van der Waals surface area contributed by atoms with Crippen molar-refractivity contribution in [2.45, 2.75) is 167 Å². The summed E-state index contributed by atoms with van der Waals surface area (Å²) in [6.07, 6.45) is 2.76. The Bertz CT molecular complexity index is 1410. The van der Waals surface area contributed by atoms with Crippen molar-refractivity contribution in [1.29, 1.82) is 0 Å². The van der Waals surface area contributed by atoms with E-state index >= 15 is 0 Å². The van der Waals surface area contributed by atoms with E-state index in [0.717, 1.165) is 0 Å². The average molecular weight is 949 g/mol. The monoisotopic (exact) mass is 949 g/mol. The molecule has 0 aromatic rings. The molecule has 25 heteroatoms. The van der Waals surface area contributed by atoms with Gasteiger partial charge >= 0.3 is 0 Å². The van der Waals surface area contributed by atoms with Crippen LogP contribution in [0.25, 0.3) is 0 Å². The maximum absolute atomic E-state index is 11.4. The first-order chi connectivity index (χ1) is 29.8. The second-order valence-electron chi connectivity index (χ2n) is 19.5. The van der Waals surface area contributed by atoms with E-state index in [-0.39, 0.29) is 79.0 Å². The topological polar surface area (TPSA) is 388 Å². The average Bonchev–Trinajstić information content (AvgIpc) is 3.24. The Hall–Kier alpha value is -3.40. The number of rotatable bonds is 28. The van der Waals surface area contributed by atoms with Gasteiger partial charge in [0.25, 0.3) is 16.6 Å². The number of hydrogen-bond acceptors (Lipinski definition) is 20. The summed E-state index contributed by atoms with van der Waals surface area (Å²) < 4.78 is 5.46. The minimum absolute atomic E-state index is 0.0323. The standard InChI is InChI=1S/C16H31N3O6.C15H31N3O6.C5H11NO4.C4H11NO/c1-5-15(11-20,18(21)22)8-7-14(3,4)9-17-10-16(6-2,19(23)24)12-25-13-17;1-5-14(11-19,17(21)22)8-7-13(3,4)9-16-10-15(6-2,12-20)18(23)24;1-2-5(3-7,4-8)6(9)10;1-4(2,5)3-6/h20H,5-13H2,1-4H3;16,19-20H,5-12H2,1-4H3;7-8H,2-4H2,1H3;6H,3,5H2,1-2H3. The van der Waals surface area contributed by atoms with Crippen LogP contribution >= 0.6 is 0 Å². The van der Waals surface area contributed by atoms with Gasteiger partial charge in [-0.2, -0.15) is 0 Å². The Morgan fingerprint density at radius 2 is 0.923 bits per heavy atom. The first-order valence-electron chi connectivity index (χ1n) is 22.0. The van der Waals surface area contributed by atoms with Crippen molar-refractivity contribution >= 4 is 0 Å². The number of nitrogens with one attached hydrogen (secondary N) is 1. The molecule has 1 saturated heterocycles. The van der Waals surface area contributed by atoms with Gasteiger partial charge in [-0.3, -0.25) is 55.5 Å². The maximum atomic E-state index is 11.4. The summed E-state index contributed by atoms with van der Waals surface area (Å²) in [5.74, 6) is 0. The van der Waals surface area contributed by atoms with E-state index in [0.29, 0.717) is 45.6 Å². The molecule has 0 spiro atoms. The Morgan fingerprint density at radius 1 is 0.569 bits per heavy atom. The van der Waals surface area contributed by atoms with Crippen LogP contribution in [0.15, 0.2) is 0 Å². The van der Waals surface area contributed by atoms with Gasteiger partial charge in [0, 0.05) is 88.2 Å². The van der Waals surface area contributed by atoms with Gasteiger partial charge in [-0.25, -0.2) is 0 Å². The fourth-order valence-corrected chi connectivity index (χ4v) is 6.33. The number of hydrogen-bond donors (Lipinski definition) is 8. The largest absolute Gasteiger partial charge is 0.394 e. The quantitative estimate of drug-likeness (QED) is 0.0412. The van der Waals surface area contributed by atoms with E-state index in [4.69, 9.17) is 25.8 Å². The third-order valence-electron chi connectivity index (χ3n) is 12.5. The van der Waals surface area contributed by atoms with Gasteiger partial charge in [-0.15, -0.1) is 0 Å². The van der Waals surface area contributed by atoms with E-state index in [1.165, 1.54) is 0 Å². The SMILES string of the molecule is CC(C)(N)CO.CCC(CO)(CCC(C)(C)CN1COCC(CC)([N+](=O)[O-])C1)[N+](=O)[O-].CCC(CO)(CCC(C)(C)CNCC(CC)(CO)[N+](=O)[O-])[N+](=O)[O-].CCC(CO)(CO)[N+](=O)[O-]. The second kappa shape index (κ2) is 29.4. The van der Waals surface area contributed by atoms with Crippen LogP contribution in [0.5, 0.6) is 0 Å². The summed E-state index contributed by atoms with van der Waals surface area (Å²) in [5, 5.41) is 112. The normalized spacial score (nSPS) is 18.7. The fourth-order valence-electron chi connectivity index (χ4n) is 6.33. The molecule has 1 aliphatic heterocycles. The summed E-state index contributed by atoms with van der Waals surface area (Å²) in [6.45, 7) is 18.7. The van der Waals surface area contributed by atoms with E-state index in [9.17, 15) is 65.9 Å². The number of aliphatic hydroxyl groups is 6. The molecule has 1 fully saturated rings. The molecule has 0 aliphatic carbocycles. The minimum Gasteiger partial charge on any atom is -0.394 e. The third kappa shape index (κ3) is 21.4. The van der Waals surface area contributed by atoms with Gasteiger partial charge in [-0.05, 0) is 37.5 Å². The molecule has 386 valence electrons. The van der Waals surface area contributed by atoms with Gasteiger partial charge in [-0.1, -0.05) is 62.3 Å². The van der Waals surface area contributed by atoms with Crippen molar-refractivity contribution in [1.82, 2.24) is 10.2 Å². The van der Waals surface area contributed by atoms with Crippen LogP contribution < -0.4 is 11.1 Å². The van der Waals surface area contributed by atoms with E-state index in [1.807, 2.05) is 32.6 Å². The van der Waals surface area contributed by atoms with E-state index < -0.39 is 81.0 Å². The molecule has 65 heavy (non-hydrogen) atoms. The lowest BCUT2D eigenvalue weighted by atomic mass is 9.80. The molecule has 0 aromatic heterocycles. The Morgan fingerprint density at radius 3 is 1.18 bits per heavy atom. The molecule has 0 radical (unpaired) electrons. The number of nitrogens with zero attached hydrogens (tertiary/aromatic N) is 6. The first kappa shape index (κ1) is 65.9. The highest BCUT2D eigenvalue weighted by atomic mass is 16.7. The molecule has 4 unspecified atom stereocenters. The number of nitro groups is 5. The van der Waals surface area contributed by atoms with Gasteiger partial charge in [0.05, 0.1) is 26.4 Å². The van der Waals surface area contributed by atoms with Crippen molar-refractivity contribution in [2.75, 3.05) is 79.2 Å². The summed E-state index contributed by atoms with van der Waals surface area (Å²) >= 11 is 0. The lowest BCUT2D eigenvalue weighted by molar-refractivity contribution is -0.582. The molecule has 0 aromatic carbocycles. The zero-order valence-corrected chi connectivity index (χ0v) is 40.8. The Kier molecular flexibility index (Phi) is 29.8. The molecule has 0 saturated carbocycles. The van der Waals surface area contributed by atoms with E-state index in [1.54, 1.807) is 48.5 Å². The lowest BCUT2D eigenvalue weighted by Gasteiger charge is -2.40. The van der Waals surface area contributed by atoms with Crippen LogP contribution in [0.4, 0.5) is 0 Å². The first-order valence-corrected chi connectivity index (χ1v) is 22.0.